The second-order valence-electron chi connectivity index (χ2n) is 6.12. The molecule has 20 heavy (non-hydrogen) atoms. The van der Waals surface area contributed by atoms with Crippen LogP contribution in [0.2, 0.25) is 0 Å². The van der Waals surface area contributed by atoms with Gasteiger partial charge in [0.25, 0.3) is 0 Å². The number of amides is 2. The average molecular weight is 281 g/mol. The molecule has 6 heteroatoms. The van der Waals surface area contributed by atoms with Gasteiger partial charge < -0.3 is 14.7 Å². The second kappa shape index (κ2) is 6.07. The molecule has 1 heterocycles. The molecule has 0 atom stereocenters. The van der Waals surface area contributed by atoms with Crippen molar-refractivity contribution in [3.05, 3.63) is 11.8 Å². The predicted octanol–water partition coefficient (Wildman–Crippen LogP) is 2.20. The minimum Gasteiger partial charge on any atom is -0.360 e. The lowest BCUT2D eigenvalue weighted by atomic mass is 10.0. The van der Waals surface area contributed by atoms with Gasteiger partial charge >= 0.3 is 0 Å². The van der Waals surface area contributed by atoms with Crippen molar-refractivity contribution >= 4 is 17.6 Å². The van der Waals surface area contributed by atoms with E-state index in [1.807, 2.05) is 34.6 Å². The predicted molar refractivity (Wildman–Crippen MR) is 76.2 cm³/mol. The number of nitrogens with zero attached hydrogens (tertiary/aromatic N) is 2. The third-order valence-electron chi connectivity index (χ3n) is 2.77. The Bertz CT molecular complexity index is 486. The summed E-state index contributed by atoms with van der Waals surface area (Å²) < 4.78 is 4.88. The Morgan fingerprint density at radius 2 is 2.00 bits per heavy atom. The SMILES string of the molecule is Cc1cc(NC(=O)CN(C(=O)C(C)C)C(C)(C)C)no1. The highest BCUT2D eigenvalue weighted by Gasteiger charge is 2.29. The summed E-state index contributed by atoms with van der Waals surface area (Å²) in [6.45, 7) is 11.1. The minimum absolute atomic E-state index is 0.00752. The summed E-state index contributed by atoms with van der Waals surface area (Å²) in [5.74, 6) is 0.479. The summed E-state index contributed by atoms with van der Waals surface area (Å²) in [7, 11) is 0. The summed E-state index contributed by atoms with van der Waals surface area (Å²) in [6, 6.07) is 1.63. The Labute approximate surface area is 119 Å². The number of carbonyl (C=O) groups excluding carboxylic acids is 2. The first-order chi connectivity index (χ1) is 9.11. The quantitative estimate of drug-likeness (QED) is 0.918. The van der Waals surface area contributed by atoms with Crippen LogP contribution in [0.3, 0.4) is 0 Å². The topological polar surface area (TPSA) is 75.4 Å². The molecule has 0 saturated heterocycles. The van der Waals surface area contributed by atoms with Crippen molar-refractivity contribution in [1.82, 2.24) is 10.1 Å². The van der Waals surface area contributed by atoms with Crippen molar-refractivity contribution < 1.29 is 14.1 Å². The largest absolute Gasteiger partial charge is 0.360 e. The van der Waals surface area contributed by atoms with Gasteiger partial charge in [0.05, 0.1) is 0 Å². The van der Waals surface area contributed by atoms with Crippen LogP contribution in [0, 0.1) is 12.8 Å². The van der Waals surface area contributed by atoms with Gasteiger partial charge in [-0.2, -0.15) is 0 Å². The van der Waals surface area contributed by atoms with Crippen molar-refractivity contribution in [3.63, 3.8) is 0 Å². The molecular formula is C14H23N3O3. The first kappa shape index (κ1) is 16.2. The van der Waals surface area contributed by atoms with Crippen LogP contribution >= 0.6 is 0 Å². The molecule has 0 aliphatic carbocycles. The van der Waals surface area contributed by atoms with Gasteiger partial charge in [0.2, 0.25) is 11.8 Å². The number of nitrogens with one attached hydrogen (secondary N) is 1. The molecular weight excluding hydrogens is 258 g/mol. The number of hydrogen-bond acceptors (Lipinski definition) is 4. The van der Waals surface area contributed by atoms with Crippen LogP contribution in [0.4, 0.5) is 5.82 Å². The van der Waals surface area contributed by atoms with Crippen molar-refractivity contribution in [1.29, 1.82) is 0 Å². The minimum atomic E-state index is -0.418. The summed E-state index contributed by atoms with van der Waals surface area (Å²) in [4.78, 5) is 25.8. The molecule has 0 unspecified atom stereocenters. The van der Waals surface area contributed by atoms with E-state index in [4.69, 9.17) is 4.52 Å². The molecule has 6 nitrogen and oxygen atoms in total. The molecule has 0 spiro atoms. The first-order valence-electron chi connectivity index (χ1n) is 6.66. The molecule has 0 aromatic carbocycles. The Morgan fingerprint density at radius 3 is 2.40 bits per heavy atom. The fourth-order valence-corrected chi connectivity index (χ4v) is 1.71. The molecule has 1 aromatic rings. The smallest absolute Gasteiger partial charge is 0.245 e. The number of hydrogen-bond donors (Lipinski definition) is 1. The van der Waals surface area contributed by atoms with E-state index in [0.29, 0.717) is 11.6 Å². The van der Waals surface area contributed by atoms with E-state index in [9.17, 15) is 9.59 Å². The molecule has 0 fully saturated rings. The standard InChI is InChI=1S/C14H23N3O3/c1-9(2)13(19)17(14(4,5)6)8-12(18)15-11-7-10(3)20-16-11/h7,9H,8H2,1-6H3,(H,15,16,18). The van der Waals surface area contributed by atoms with E-state index in [2.05, 4.69) is 10.5 Å². The maximum Gasteiger partial charge on any atom is 0.245 e. The molecule has 0 aliphatic rings. The Balaban J connectivity index is 2.75. The van der Waals surface area contributed by atoms with E-state index >= 15 is 0 Å². The summed E-state index contributed by atoms with van der Waals surface area (Å²) in [6.07, 6.45) is 0. The van der Waals surface area contributed by atoms with Crippen LogP contribution in [0.1, 0.15) is 40.4 Å². The normalized spacial score (nSPS) is 11.6. The van der Waals surface area contributed by atoms with E-state index < -0.39 is 5.54 Å². The van der Waals surface area contributed by atoms with Crippen LogP contribution in [0.25, 0.3) is 0 Å². The number of aryl methyl sites for hydroxylation is 1. The maximum atomic E-state index is 12.2. The molecule has 0 saturated carbocycles. The van der Waals surface area contributed by atoms with Crippen LogP contribution in [-0.2, 0) is 9.59 Å². The average Bonchev–Trinajstić information content (AvgIpc) is 2.69. The van der Waals surface area contributed by atoms with Gasteiger partial charge in [-0.05, 0) is 27.7 Å². The highest BCUT2D eigenvalue weighted by molar-refractivity contribution is 5.94. The molecule has 2 amide bonds. The summed E-state index contributed by atoms with van der Waals surface area (Å²) in [5, 5.41) is 6.32. The molecule has 0 aliphatic heterocycles. The van der Waals surface area contributed by atoms with E-state index in [-0.39, 0.29) is 24.3 Å². The van der Waals surface area contributed by atoms with E-state index in [1.54, 1.807) is 17.9 Å². The lowest BCUT2D eigenvalue weighted by Gasteiger charge is -2.36. The molecule has 0 radical (unpaired) electrons. The first-order valence-corrected chi connectivity index (χ1v) is 6.66. The highest BCUT2D eigenvalue weighted by atomic mass is 16.5. The van der Waals surface area contributed by atoms with Gasteiger partial charge in [-0.25, -0.2) is 0 Å². The van der Waals surface area contributed by atoms with Gasteiger partial charge in [-0.15, -0.1) is 0 Å². The Kier molecular flexibility index (Phi) is 4.92. The second-order valence-corrected chi connectivity index (χ2v) is 6.12. The molecule has 1 aromatic heterocycles. The van der Waals surface area contributed by atoms with Gasteiger partial charge in [-0.3, -0.25) is 9.59 Å². The third-order valence-corrected chi connectivity index (χ3v) is 2.77. The van der Waals surface area contributed by atoms with E-state index in [0.717, 1.165) is 0 Å². The fourth-order valence-electron chi connectivity index (χ4n) is 1.71. The zero-order valence-corrected chi connectivity index (χ0v) is 13.0. The van der Waals surface area contributed by atoms with Crippen molar-refractivity contribution in [2.45, 2.75) is 47.1 Å². The summed E-state index contributed by atoms with van der Waals surface area (Å²) >= 11 is 0. The van der Waals surface area contributed by atoms with Crippen LogP contribution in [0.15, 0.2) is 10.6 Å². The third kappa shape index (κ3) is 4.36. The lowest BCUT2D eigenvalue weighted by Crippen LogP contribution is -2.50. The molecule has 1 rings (SSSR count). The zero-order chi connectivity index (χ0) is 15.5. The van der Waals surface area contributed by atoms with Crippen molar-refractivity contribution in [2.24, 2.45) is 5.92 Å². The maximum absolute atomic E-state index is 12.2. The van der Waals surface area contributed by atoms with Crippen LogP contribution in [-0.4, -0.2) is 34.0 Å². The van der Waals surface area contributed by atoms with Crippen LogP contribution in [0.5, 0.6) is 0 Å². The number of anilines is 1. The Hall–Kier alpha value is -1.85. The lowest BCUT2D eigenvalue weighted by molar-refractivity contribution is -0.142. The number of carbonyl (C=O) groups is 2. The van der Waals surface area contributed by atoms with Gasteiger partial charge in [0.1, 0.15) is 12.3 Å². The van der Waals surface area contributed by atoms with Gasteiger partial charge in [0, 0.05) is 17.5 Å². The van der Waals surface area contributed by atoms with Crippen LogP contribution < -0.4 is 5.32 Å². The fraction of sp³-hybridized carbons (Fsp3) is 0.643. The van der Waals surface area contributed by atoms with Crippen molar-refractivity contribution in [3.8, 4) is 0 Å². The van der Waals surface area contributed by atoms with Gasteiger partial charge in [0.15, 0.2) is 5.82 Å². The number of aromatic nitrogens is 1. The van der Waals surface area contributed by atoms with Crippen molar-refractivity contribution in [2.75, 3.05) is 11.9 Å². The van der Waals surface area contributed by atoms with E-state index in [1.165, 1.54) is 0 Å². The zero-order valence-electron chi connectivity index (χ0n) is 13.0. The molecule has 0 bridgehead atoms. The summed E-state index contributed by atoms with van der Waals surface area (Å²) in [5.41, 5.74) is -0.418. The van der Waals surface area contributed by atoms with Gasteiger partial charge in [-0.1, -0.05) is 19.0 Å². The molecule has 1 N–H and O–H groups in total. The molecule has 112 valence electrons. The Morgan fingerprint density at radius 1 is 1.40 bits per heavy atom. The monoisotopic (exact) mass is 281 g/mol. The highest BCUT2D eigenvalue weighted by Crippen LogP contribution is 2.17. The number of rotatable bonds is 4.